The van der Waals surface area contributed by atoms with Gasteiger partial charge in [0, 0.05) is 18.0 Å². The summed E-state index contributed by atoms with van der Waals surface area (Å²) in [5, 5.41) is 5.54. The molecular weight excluding hydrogens is 356 g/mol. The standard InChI is InChI=1S/C21H22N4OS/c1-15-6-8-16(9-7-15)20(18-5-4-12-27-18)24-19-14-22-13-17(23-19)21(26)25-10-2-3-11-25/h4-9,12-14,20H,2-3,10-11H2,1H3,(H,23,24). The number of carbonyl (C=O) groups is 1. The number of hydrogen-bond donors (Lipinski definition) is 1. The number of nitrogens with zero attached hydrogens (tertiary/aromatic N) is 3. The Kier molecular flexibility index (Phi) is 5.16. The van der Waals surface area contributed by atoms with Gasteiger partial charge in [0.2, 0.25) is 0 Å². The molecule has 1 atom stereocenters. The van der Waals surface area contributed by atoms with Crippen LogP contribution in [0.2, 0.25) is 0 Å². The van der Waals surface area contributed by atoms with Crippen LogP contribution >= 0.6 is 11.3 Å². The fourth-order valence-electron chi connectivity index (χ4n) is 3.30. The number of aryl methyl sites for hydroxylation is 1. The lowest BCUT2D eigenvalue weighted by Crippen LogP contribution is -2.28. The molecule has 1 amide bonds. The van der Waals surface area contributed by atoms with Gasteiger partial charge >= 0.3 is 0 Å². The molecule has 1 unspecified atom stereocenters. The zero-order valence-electron chi connectivity index (χ0n) is 15.3. The van der Waals surface area contributed by atoms with Crippen molar-refractivity contribution in [2.45, 2.75) is 25.8 Å². The lowest BCUT2D eigenvalue weighted by atomic mass is 10.0. The summed E-state index contributed by atoms with van der Waals surface area (Å²) in [5.74, 6) is 0.575. The Labute approximate surface area is 163 Å². The van der Waals surface area contributed by atoms with Gasteiger partial charge in [0.25, 0.3) is 5.91 Å². The fourth-order valence-corrected chi connectivity index (χ4v) is 4.10. The van der Waals surface area contributed by atoms with Gasteiger partial charge in [-0.05, 0) is 36.8 Å². The highest BCUT2D eigenvalue weighted by atomic mass is 32.1. The van der Waals surface area contributed by atoms with Crippen LogP contribution in [0.4, 0.5) is 5.82 Å². The minimum absolute atomic E-state index is 0.0305. The molecule has 1 saturated heterocycles. The molecule has 0 radical (unpaired) electrons. The van der Waals surface area contributed by atoms with Crippen LogP contribution in [-0.2, 0) is 0 Å². The van der Waals surface area contributed by atoms with Crippen LogP contribution in [0.5, 0.6) is 0 Å². The van der Waals surface area contributed by atoms with Crippen LogP contribution in [-0.4, -0.2) is 33.9 Å². The van der Waals surface area contributed by atoms with E-state index in [9.17, 15) is 4.79 Å². The first-order valence-corrected chi connectivity index (χ1v) is 10.1. The van der Waals surface area contributed by atoms with E-state index in [0.29, 0.717) is 11.5 Å². The lowest BCUT2D eigenvalue weighted by Gasteiger charge is -2.20. The van der Waals surface area contributed by atoms with Crippen LogP contribution in [0.3, 0.4) is 0 Å². The van der Waals surface area contributed by atoms with Gasteiger partial charge in [-0.25, -0.2) is 4.98 Å². The minimum atomic E-state index is -0.0355. The normalized spacial score (nSPS) is 14.9. The number of anilines is 1. The Morgan fingerprint density at radius 3 is 2.63 bits per heavy atom. The van der Waals surface area contributed by atoms with Gasteiger partial charge in [0.05, 0.1) is 18.4 Å². The molecule has 0 bridgehead atoms. The summed E-state index contributed by atoms with van der Waals surface area (Å²) in [4.78, 5) is 24.5. The first-order valence-electron chi connectivity index (χ1n) is 9.18. The number of amides is 1. The van der Waals surface area contributed by atoms with Crippen molar-refractivity contribution in [3.05, 3.63) is 75.9 Å². The molecule has 1 aromatic carbocycles. The smallest absolute Gasteiger partial charge is 0.274 e. The number of hydrogen-bond acceptors (Lipinski definition) is 5. The molecule has 1 aliphatic rings. The Hall–Kier alpha value is -2.73. The molecule has 2 aromatic heterocycles. The summed E-state index contributed by atoms with van der Waals surface area (Å²) < 4.78 is 0. The molecule has 0 saturated carbocycles. The van der Waals surface area contributed by atoms with E-state index >= 15 is 0 Å². The second kappa shape index (κ2) is 7.88. The van der Waals surface area contributed by atoms with E-state index in [-0.39, 0.29) is 11.9 Å². The van der Waals surface area contributed by atoms with E-state index in [1.54, 1.807) is 23.7 Å². The van der Waals surface area contributed by atoms with Crippen LogP contribution in [0.1, 0.15) is 45.4 Å². The first kappa shape index (κ1) is 17.7. The largest absolute Gasteiger partial charge is 0.357 e. The number of likely N-dealkylation sites (tertiary alicyclic amines) is 1. The van der Waals surface area contributed by atoms with Crippen molar-refractivity contribution in [3.63, 3.8) is 0 Å². The molecule has 138 valence electrons. The van der Waals surface area contributed by atoms with Crippen LogP contribution in [0.15, 0.2) is 54.2 Å². The van der Waals surface area contributed by atoms with Crippen molar-refractivity contribution in [1.82, 2.24) is 14.9 Å². The van der Waals surface area contributed by atoms with E-state index in [0.717, 1.165) is 31.5 Å². The Morgan fingerprint density at radius 1 is 1.15 bits per heavy atom. The van der Waals surface area contributed by atoms with E-state index in [1.807, 2.05) is 11.0 Å². The van der Waals surface area contributed by atoms with Gasteiger partial charge in [-0.15, -0.1) is 11.3 Å². The lowest BCUT2D eigenvalue weighted by molar-refractivity contribution is 0.0786. The minimum Gasteiger partial charge on any atom is -0.357 e. The number of carbonyl (C=O) groups excluding carboxylic acids is 1. The van der Waals surface area contributed by atoms with Gasteiger partial charge in [-0.1, -0.05) is 35.9 Å². The number of nitrogens with one attached hydrogen (secondary N) is 1. The maximum atomic E-state index is 12.6. The Morgan fingerprint density at radius 2 is 1.93 bits per heavy atom. The SMILES string of the molecule is Cc1ccc(C(Nc2cncc(C(=O)N3CCCC3)n2)c2cccs2)cc1. The summed E-state index contributed by atoms with van der Waals surface area (Å²) in [6.45, 7) is 3.69. The molecule has 3 heterocycles. The third kappa shape index (κ3) is 4.01. The third-order valence-corrected chi connectivity index (χ3v) is 5.71. The summed E-state index contributed by atoms with van der Waals surface area (Å²) >= 11 is 1.69. The van der Waals surface area contributed by atoms with Crippen LogP contribution in [0, 0.1) is 6.92 Å². The number of benzene rings is 1. The predicted molar refractivity (Wildman–Crippen MR) is 108 cm³/mol. The zero-order chi connectivity index (χ0) is 18.6. The summed E-state index contributed by atoms with van der Waals surface area (Å²) in [6.07, 6.45) is 5.35. The summed E-state index contributed by atoms with van der Waals surface area (Å²) in [5.41, 5.74) is 2.78. The molecule has 0 aliphatic carbocycles. The average Bonchev–Trinajstić information content (AvgIpc) is 3.41. The second-order valence-electron chi connectivity index (χ2n) is 6.79. The molecule has 27 heavy (non-hydrogen) atoms. The van der Waals surface area contributed by atoms with Crippen molar-refractivity contribution in [2.24, 2.45) is 0 Å². The summed E-state index contributed by atoms with van der Waals surface area (Å²) in [7, 11) is 0. The Balaban J connectivity index is 1.60. The van der Waals surface area contributed by atoms with E-state index < -0.39 is 0 Å². The average molecular weight is 379 g/mol. The number of aromatic nitrogens is 2. The second-order valence-corrected chi connectivity index (χ2v) is 7.77. The third-order valence-electron chi connectivity index (χ3n) is 4.78. The molecule has 0 spiro atoms. The van der Waals surface area contributed by atoms with Gasteiger partial charge in [0.15, 0.2) is 0 Å². The highest BCUT2D eigenvalue weighted by molar-refractivity contribution is 7.10. The van der Waals surface area contributed by atoms with Crippen molar-refractivity contribution in [1.29, 1.82) is 0 Å². The molecule has 6 heteroatoms. The number of rotatable bonds is 5. The topological polar surface area (TPSA) is 58.1 Å². The predicted octanol–water partition coefficient (Wildman–Crippen LogP) is 4.28. The monoisotopic (exact) mass is 378 g/mol. The van der Waals surface area contributed by atoms with E-state index in [4.69, 9.17) is 0 Å². The quantitative estimate of drug-likeness (QED) is 0.720. The maximum Gasteiger partial charge on any atom is 0.274 e. The molecule has 1 N–H and O–H groups in total. The van der Waals surface area contributed by atoms with Crippen molar-refractivity contribution >= 4 is 23.1 Å². The van der Waals surface area contributed by atoms with Gasteiger partial charge < -0.3 is 10.2 Å². The molecular formula is C21H22N4OS. The van der Waals surface area contributed by atoms with Gasteiger partial charge in [0.1, 0.15) is 11.5 Å². The van der Waals surface area contributed by atoms with E-state index in [1.165, 1.54) is 10.4 Å². The molecule has 1 aliphatic heterocycles. The first-order chi connectivity index (χ1) is 13.2. The van der Waals surface area contributed by atoms with Gasteiger partial charge in [-0.2, -0.15) is 0 Å². The van der Waals surface area contributed by atoms with Crippen molar-refractivity contribution < 1.29 is 4.79 Å². The zero-order valence-corrected chi connectivity index (χ0v) is 16.1. The molecule has 1 fully saturated rings. The van der Waals surface area contributed by atoms with Gasteiger partial charge in [-0.3, -0.25) is 9.78 Å². The highest BCUT2D eigenvalue weighted by Gasteiger charge is 2.22. The van der Waals surface area contributed by atoms with Crippen molar-refractivity contribution in [2.75, 3.05) is 18.4 Å². The Bertz CT molecular complexity index is 902. The summed E-state index contributed by atoms with van der Waals surface area (Å²) in [6, 6.07) is 12.6. The molecule has 4 rings (SSSR count). The van der Waals surface area contributed by atoms with Crippen molar-refractivity contribution in [3.8, 4) is 0 Å². The molecule has 5 nitrogen and oxygen atoms in total. The maximum absolute atomic E-state index is 12.6. The number of thiophene rings is 1. The van der Waals surface area contributed by atoms with E-state index in [2.05, 4.69) is 57.9 Å². The van der Waals surface area contributed by atoms with Crippen LogP contribution < -0.4 is 5.32 Å². The van der Waals surface area contributed by atoms with Crippen LogP contribution in [0.25, 0.3) is 0 Å². The fraction of sp³-hybridized carbons (Fsp3) is 0.286. The molecule has 3 aromatic rings. The highest BCUT2D eigenvalue weighted by Crippen LogP contribution is 2.29.